The zero-order chi connectivity index (χ0) is 46.4. The molecular weight excluding hydrogens is 818 g/mol. The number of carboxylic acid groups (broad SMARTS) is 4. The van der Waals surface area contributed by atoms with Crippen molar-refractivity contribution in [1.82, 2.24) is 26.6 Å². The van der Waals surface area contributed by atoms with Gasteiger partial charge < -0.3 is 61.6 Å². The van der Waals surface area contributed by atoms with Crippen LogP contribution in [-0.4, -0.2) is 143 Å². The van der Waals surface area contributed by atoms with E-state index in [0.29, 0.717) is 6.42 Å². The second-order valence-electron chi connectivity index (χ2n) is 14.9. The molecule has 0 saturated carbocycles. The Morgan fingerprint density at radius 2 is 0.742 bits per heavy atom. The smallest absolute Gasteiger partial charge is 0.326 e. The summed E-state index contributed by atoms with van der Waals surface area (Å²) < 4.78 is 10.4. The van der Waals surface area contributed by atoms with Crippen LogP contribution in [0.25, 0.3) is 0 Å². The third-order valence-corrected chi connectivity index (χ3v) is 9.53. The first kappa shape index (κ1) is 57.1. The Balaban J connectivity index is 4.31. The third kappa shape index (κ3) is 34.8. The molecule has 0 fully saturated rings. The first-order chi connectivity index (χ1) is 29.7. The van der Waals surface area contributed by atoms with Gasteiger partial charge in [-0.2, -0.15) is 0 Å². The van der Waals surface area contributed by atoms with Crippen LogP contribution in [0.1, 0.15) is 141 Å². The topological polar surface area (TPSA) is 333 Å². The monoisotopic (exact) mass is 889 g/mol. The highest BCUT2D eigenvalue weighted by Crippen LogP contribution is 2.14. The van der Waals surface area contributed by atoms with Crippen LogP contribution in [0.4, 0.5) is 0 Å². The Kier molecular flexibility index (Phi) is 34.9. The van der Waals surface area contributed by atoms with Crippen molar-refractivity contribution in [3.05, 3.63) is 0 Å². The Morgan fingerprint density at radius 3 is 1.15 bits per heavy atom. The maximum Gasteiger partial charge on any atom is 0.326 e. The molecule has 0 heterocycles. The van der Waals surface area contributed by atoms with Crippen molar-refractivity contribution in [1.29, 1.82) is 0 Å². The van der Waals surface area contributed by atoms with Gasteiger partial charge in [0.15, 0.2) is 0 Å². The summed E-state index contributed by atoms with van der Waals surface area (Å²) in [5.74, 6) is -8.03. The van der Waals surface area contributed by atoms with Gasteiger partial charge in [0.1, 0.15) is 24.7 Å². The number of hydrogen-bond acceptors (Lipinski definition) is 12. The van der Waals surface area contributed by atoms with Crippen molar-refractivity contribution in [2.24, 2.45) is 0 Å². The predicted molar refractivity (Wildman–Crippen MR) is 223 cm³/mol. The number of ether oxygens (including phenoxy) is 2. The lowest BCUT2D eigenvalue weighted by Crippen LogP contribution is -2.45. The minimum absolute atomic E-state index is 0.0971. The molecule has 62 heavy (non-hydrogen) atoms. The number of amides is 5. The van der Waals surface area contributed by atoms with Crippen LogP contribution in [0.5, 0.6) is 0 Å². The highest BCUT2D eigenvalue weighted by atomic mass is 16.5. The summed E-state index contributed by atoms with van der Waals surface area (Å²) in [5, 5.41) is 57.8. The minimum atomic E-state index is -1.55. The number of aliphatic hydroxyl groups is 1. The summed E-state index contributed by atoms with van der Waals surface area (Å²) in [6.07, 6.45) is 12.4. The average molecular weight is 890 g/mol. The number of hydrogen-bond donors (Lipinski definition) is 10. The van der Waals surface area contributed by atoms with Crippen molar-refractivity contribution < 1.29 is 78.2 Å². The molecule has 0 rings (SSSR count). The SMILES string of the molecule is O=C(O)CCCCCCCCCCCCCCCCC(=O)N[C@@H](CCC(=O)NC(CCC(=O)N[C@@H](CCC(=O)NCCOCCOCC(=O)NCCO)C(=O)O)C(=O)O)C(=O)O. The van der Waals surface area contributed by atoms with Gasteiger partial charge >= 0.3 is 23.9 Å². The number of rotatable bonds is 42. The highest BCUT2D eigenvalue weighted by Gasteiger charge is 2.26. The van der Waals surface area contributed by atoms with Gasteiger partial charge in [-0.15, -0.1) is 0 Å². The molecule has 21 nitrogen and oxygen atoms in total. The molecular formula is C41H71N5O16. The van der Waals surface area contributed by atoms with Gasteiger partial charge in [-0.1, -0.05) is 77.0 Å². The van der Waals surface area contributed by atoms with Crippen LogP contribution in [0.15, 0.2) is 0 Å². The van der Waals surface area contributed by atoms with E-state index in [4.69, 9.17) is 19.7 Å². The van der Waals surface area contributed by atoms with E-state index in [1.54, 1.807) is 0 Å². The first-order valence-electron chi connectivity index (χ1n) is 21.7. The summed E-state index contributed by atoms with van der Waals surface area (Å²) in [7, 11) is 0. The molecule has 0 aliphatic carbocycles. The lowest BCUT2D eigenvalue weighted by Gasteiger charge is -2.18. The fraction of sp³-hybridized carbons (Fsp3) is 0.780. The molecule has 3 atom stereocenters. The minimum Gasteiger partial charge on any atom is -0.481 e. The third-order valence-electron chi connectivity index (χ3n) is 9.53. The largest absolute Gasteiger partial charge is 0.481 e. The van der Waals surface area contributed by atoms with Gasteiger partial charge in [-0.05, 0) is 32.1 Å². The number of nitrogens with one attached hydrogen (secondary N) is 5. The standard InChI is InChI=1S/C41H71N5O16/c47-25-23-42-37(52)29-62-28-27-61-26-24-43-33(48)20-17-30(39(55)56)45-35(50)22-19-32(41(59)60)46-36(51)21-18-31(40(57)58)44-34(49)15-13-11-9-7-5-3-1-2-4-6-8-10-12-14-16-38(53)54/h30-32,47H,1-29H2,(H,42,52)(H,43,48)(H,44,49)(H,45,50)(H,46,51)(H,53,54)(H,55,56)(H,57,58)(H,59,60)/t30-,31-,32?/m0/s1. The van der Waals surface area contributed by atoms with Crippen molar-refractivity contribution in [2.75, 3.05) is 46.1 Å². The molecule has 0 aliphatic rings. The molecule has 0 aromatic rings. The van der Waals surface area contributed by atoms with Crippen molar-refractivity contribution in [3.8, 4) is 0 Å². The number of unbranched alkanes of at least 4 members (excludes halogenated alkanes) is 13. The van der Waals surface area contributed by atoms with E-state index in [9.17, 15) is 58.5 Å². The maximum absolute atomic E-state index is 12.5. The van der Waals surface area contributed by atoms with Crippen LogP contribution in [0.3, 0.4) is 0 Å². The Bertz CT molecular complexity index is 1350. The summed E-state index contributed by atoms with van der Waals surface area (Å²) in [4.78, 5) is 107. The molecule has 0 saturated heterocycles. The molecule has 5 amide bonds. The van der Waals surface area contributed by atoms with Gasteiger partial charge in [-0.25, -0.2) is 14.4 Å². The van der Waals surface area contributed by atoms with Crippen molar-refractivity contribution in [3.63, 3.8) is 0 Å². The van der Waals surface area contributed by atoms with E-state index in [1.165, 1.54) is 25.7 Å². The first-order valence-corrected chi connectivity index (χ1v) is 21.7. The zero-order valence-corrected chi connectivity index (χ0v) is 36.0. The van der Waals surface area contributed by atoms with E-state index in [1.807, 2.05) is 0 Å². The summed E-state index contributed by atoms with van der Waals surface area (Å²) in [6.45, 7) is 0.182. The van der Waals surface area contributed by atoms with E-state index in [2.05, 4.69) is 26.6 Å². The van der Waals surface area contributed by atoms with E-state index in [0.717, 1.165) is 57.8 Å². The molecule has 0 aromatic heterocycles. The lowest BCUT2D eigenvalue weighted by molar-refractivity contribution is -0.144. The summed E-state index contributed by atoms with van der Waals surface area (Å²) in [6, 6.07) is -4.39. The number of aliphatic carboxylic acids is 4. The number of aliphatic hydroxyl groups excluding tert-OH is 1. The number of carbonyl (C=O) groups excluding carboxylic acids is 5. The zero-order valence-electron chi connectivity index (χ0n) is 36.0. The van der Waals surface area contributed by atoms with Crippen molar-refractivity contribution in [2.45, 2.75) is 159 Å². The summed E-state index contributed by atoms with van der Waals surface area (Å²) in [5.41, 5.74) is 0. The van der Waals surface area contributed by atoms with Crippen LogP contribution in [0.2, 0.25) is 0 Å². The normalized spacial score (nSPS) is 12.3. The van der Waals surface area contributed by atoms with Gasteiger partial charge in [0, 0.05) is 45.2 Å². The molecule has 0 radical (unpaired) electrons. The fourth-order valence-corrected chi connectivity index (χ4v) is 6.06. The lowest BCUT2D eigenvalue weighted by atomic mass is 10.0. The molecule has 1 unspecified atom stereocenters. The molecule has 0 aliphatic heterocycles. The Labute approximate surface area is 363 Å². The van der Waals surface area contributed by atoms with E-state index < -0.39 is 84.9 Å². The Hall–Kier alpha value is -4.89. The molecule has 21 heteroatoms. The molecule has 0 bridgehead atoms. The van der Waals surface area contributed by atoms with Crippen LogP contribution in [0, 0.1) is 0 Å². The molecule has 0 aromatic carbocycles. The number of carboxylic acids is 4. The summed E-state index contributed by atoms with van der Waals surface area (Å²) >= 11 is 0. The van der Waals surface area contributed by atoms with Gasteiger partial charge in [-0.3, -0.25) is 28.8 Å². The van der Waals surface area contributed by atoms with Crippen LogP contribution >= 0.6 is 0 Å². The highest BCUT2D eigenvalue weighted by molar-refractivity contribution is 5.87. The van der Waals surface area contributed by atoms with Gasteiger partial charge in [0.05, 0.1) is 26.4 Å². The number of carbonyl (C=O) groups is 9. The van der Waals surface area contributed by atoms with Gasteiger partial charge in [0.2, 0.25) is 29.5 Å². The van der Waals surface area contributed by atoms with Crippen LogP contribution in [-0.2, 0) is 52.6 Å². The van der Waals surface area contributed by atoms with E-state index >= 15 is 0 Å². The fourth-order valence-electron chi connectivity index (χ4n) is 6.06. The van der Waals surface area contributed by atoms with Crippen LogP contribution < -0.4 is 26.6 Å². The maximum atomic E-state index is 12.5. The Morgan fingerprint density at radius 1 is 0.387 bits per heavy atom. The second kappa shape index (κ2) is 37.8. The molecule has 10 N–H and O–H groups in total. The predicted octanol–water partition coefficient (Wildman–Crippen LogP) is 1.62. The average Bonchev–Trinajstić information content (AvgIpc) is 3.21. The quantitative estimate of drug-likeness (QED) is 0.0389. The van der Waals surface area contributed by atoms with Gasteiger partial charge in [0.25, 0.3) is 0 Å². The van der Waals surface area contributed by atoms with E-state index in [-0.39, 0.29) is 84.1 Å². The molecule has 0 spiro atoms. The molecule has 356 valence electrons. The second-order valence-corrected chi connectivity index (χ2v) is 14.9. The van der Waals surface area contributed by atoms with Crippen molar-refractivity contribution >= 4 is 53.4 Å².